The summed E-state index contributed by atoms with van der Waals surface area (Å²) in [6, 6.07) is 17.2. The SMILES string of the molecule is CCN1CC=C(c2ccccc2CN2[C@H](C)CN(Cc3ccc(C(=O)O)cc3)C[C@@H]2C)CC1. The van der Waals surface area contributed by atoms with Gasteiger partial charge in [0.15, 0.2) is 0 Å². The second-order valence-corrected chi connectivity index (χ2v) is 9.60. The van der Waals surface area contributed by atoms with Gasteiger partial charge in [-0.15, -0.1) is 0 Å². The first-order chi connectivity index (χ1) is 15.9. The van der Waals surface area contributed by atoms with Crippen molar-refractivity contribution in [3.8, 4) is 0 Å². The van der Waals surface area contributed by atoms with Crippen molar-refractivity contribution in [1.29, 1.82) is 0 Å². The summed E-state index contributed by atoms with van der Waals surface area (Å²) in [6.07, 6.45) is 3.55. The molecule has 33 heavy (non-hydrogen) atoms. The number of piperazine rings is 1. The monoisotopic (exact) mass is 447 g/mol. The molecule has 0 aliphatic carbocycles. The highest BCUT2D eigenvalue weighted by molar-refractivity contribution is 5.87. The molecule has 5 heteroatoms. The van der Waals surface area contributed by atoms with Gasteiger partial charge >= 0.3 is 5.97 Å². The fraction of sp³-hybridized carbons (Fsp3) is 0.464. The molecule has 0 saturated carbocycles. The van der Waals surface area contributed by atoms with E-state index in [1.165, 1.54) is 22.3 Å². The molecule has 2 aliphatic heterocycles. The largest absolute Gasteiger partial charge is 0.478 e. The first-order valence-corrected chi connectivity index (χ1v) is 12.2. The topological polar surface area (TPSA) is 47.0 Å². The van der Waals surface area contributed by atoms with E-state index < -0.39 is 5.97 Å². The highest BCUT2D eigenvalue weighted by Crippen LogP contribution is 2.28. The van der Waals surface area contributed by atoms with Gasteiger partial charge in [-0.3, -0.25) is 14.7 Å². The molecule has 0 bridgehead atoms. The van der Waals surface area contributed by atoms with E-state index in [9.17, 15) is 4.79 Å². The van der Waals surface area contributed by atoms with Crippen LogP contribution in [0.15, 0.2) is 54.6 Å². The van der Waals surface area contributed by atoms with Crippen LogP contribution in [0.4, 0.5) is 0 Å². The molecule has 2 aromatic rings. The van der Waals surface area contributed by atoms with Gasteiger partial charge in [0.2, 0.25) is 0 Å². The molecule has 2 atom stereocenters. The molecule has 2 aromatic carbocycles. The second-order valence-electron chi connectivity index (χ2n) is 9.60. The van der Waals surface area contributed by atoms with Crippen LogP contribution in [-0.2, 0) is 13.1 Å². The lowest BCUT2D eigenvalue weighted by atomic mass is 9.93. The maximum atomic E-state index is 11.1. The second kappa shape index (κ2) is 10.6. The van der Waals surface area contributed by atoms with E-state index in [4.69, 9.17) is 5.11 Å². The van der Waals surface area contributed by atoms with Crippen LogP contribution in [0.25, 0.3) is 5.57 Å². The van der Waals surface area contributed by atoms with Crippen molar-refractivity contribution in [2.75, 3.05) is 32.7 Å². The van der Waals surface area contributed by atoms with Crippen LogP contribution in [0.2, 0.25) is 0 Å². The van der Waals surface area contributed by atoms with E-state index in [0.717, 1.165) is 52.2 Å². The predicted octanol–water partition coefficient (Wildman–Crippen LogP) is 4.59. The van der Waals surface area contributed by atoms with Crippen molar-refractivity contribution in [2.45, 2.75) is 52.4 Å². The zero-order valence-electron chi connectivity index (χ0n) is 20.2. The number of likely N-dealkylation sites (N-methyl/N-ethyl adjacent to an activating group) is 1. The number of carboxylic acid groups (broad SMARTS) is 1. The van der Waals surface area contributed by atoms with Gasteiger partial charge in [0.1, 0.15) is 0 Å². The summed E-state index contributed by atoms with van der Waals surface area (Å²) in [5.41, 5.74) is 5.88. The predicted molar refractivity (Wildman–Crippen MR) is 134 cm³/mol. The first-order valence-electron chi connectivity index (χ1n) is 12.2. The third-order valence-corrected chi connectivity index (χ3v) is 7.24. The number of rotatable bonds is 7. The van der Waals surface area contributed by atoms with Crippen molar-refractivity contribution >= 4 is 11.5 Å². The zero-order chi connectivity index (χ0) is 23.4. The van der Waals surface area contributed by atoms with Gasteiger partial charge < -0.3 is 5.11 Å². The van der Waals surface area contributed by atoms with Gasteiger partial charge in [-0.05, 0) is 61.2 Å². The average molecular weight is 448 g/mol. The zero-order valence-corrected chi connectivity index (χ0v) is 20.2. The maximum Gasteiger partial charge on any atom is 0.335 e. The number of hydrogen-bond donors (Lipinski definition) is 1. The highest BCUT2D eigenvalue weighted by atomic mass is 16.4. The molecule has 0 radical (unpaired) electrons. The fourth-order valence-corrected chi connectivity index (χ4v) is 5.33. The average Bonchev–Trinajstić information content (AvgIpc) is 2.82. The van der Waals surface area contributed by atoms with E-state index in [1.807, 2.05) is 12.1 Å². The number of carboxylic acids is 1. The van der Waals surface area contributed by atoms with Gasteiger partial charge in [-0.25, -0.2) is 4.79 Å². The van der Waals surface area contributed by atoms with Crippen LogP contribution >= 0.6 is 0 Å². The Bertz CT molecular complexity index is 973. The summed E-state index contributed by atoms with van der Waals surface area (Å²) in [5, 5.41) is 9.12. The Hall–Kier alpha value is -2.47. The minimum absolute atomic E-state index is 0.347. The Balaban J connectivity index is 1.41. The number of aromatic carboxylic acids is 1. The molecular formula is C28H37N3O2. The van der Waals surface area contributed by atoms with Crippen molar-refractivity contribution in [1.82, 2.24) is 14.7 Å². The smallest absolute Gasteiger partial charge is 0.335 e. The van der Waals surface area contributed by atoms with E-state index in [0.29, 0.717) is 17.6 Å². The number of nitrogens with zero attached hydrogens (tertiary/aromatic N) is 3. The van der Waals surface area contributed by atoms with Crippen LogP contribution < -0.4 is 0 Å². The molecule has 1 fully saturated rings. The molecule has 0 aromatic heterocycles. The fourth-order valence-electron chi connectivity index (χ4n) is 5.33. The Morgan fingerprint density at radius 3 is 2.27 bits per heavy atom. The lowest BCUT2D eigenvalue weighted by Crippen LogP contribution is -2.55. The number of carbonyl (C=O) groups is 1. The minimum atomic E-state index is -0.871. The van der Waals surface area contributed by atoms with E-state index in [1.54, 1.807) is 12.1 Å². The quantitative estimate of drug-likeness (QED) is 0.673. The van der Waals surface area contributed by atoms with Crippen LogP contribution in [0, 0.1) is 0 Å². The van der Waals surface area contributed by atoms with E-state index in [-0.39, 0.29) is 0 Å². The Morgan fingerprint density at radius 2 is 1.67 bits per heavy atom. The van der Waals surface area contributed by atoms with Crippen molar-refractivity contribution in [3.63, 3.8) is 0 Å². The van der Waals surface area contributed by atoms with Gasteiger partial charge in [-0.1, -0.05) is 49.4 Å². The molecule has 4 rings (SSSR count). The first kappa shape index (κ1) is 23.7. The standard InChI is InChI=1S/C28H37N3O2/c1-4-29-15-13-24(14-16-29)27-8-6-5-7-26(27)20-31-21(2)17-30(18-22(31)3)19-23-9-11-25(12-10-23)28(32)33/h5-13,21-22H,4,14-20H2,1-3H3,(H,32,33)/t21-,22+. The molecule has 2 aliphatic rings. The Kier molecular flexibility index (Phi) is 7.63. The molecule has 0 spiro atoms. The van der Waals surface area contributed by atoms with Crippen LogP contribution in [0.3, 0.4) is 0 Å². The summed E-state index contributed by atoms with van der Waals surface area (Å²) in [6.45, 7) is 14.1. The molecule has 2 heterocycles. The molecule has 5 nitrogen and oxygen atoms in total. The minimum Gasteiger partial charge on any atom is -0.478 e. The third kappa shape index (κ3) is 5.72. The highest BCUT2D eigenvalue weighted by Gasteiger charge is 2.30. The van der Waals surface area contributed by atoms with Gasteiger partial charge in [0, 0.05) is 51.4 Å². The Labute approximate surface area is 198 Å². The van der Waals surface area contributed by atoms with Crippen LogP contribution in [-0.4, -0.2) is 70.6 Å². The lowest BCUT2D eigenvalue weighted by molar-refractivity contribution is 0.0290. The molecule has 0 unspecified atom stereocenters. The normalized spacial score (nSPS) is 22.8. The summed E-state index contributed by atoms with van der Waals surface area (Å²) in [7, 11) is 0. The lowest BCUT2D eigenvalue weighted by Gasteiger charge is -2.45. The summed E-state index contributed by atoms with van der Waals surface area (Å²) < 4.78 is 0. The maximum absolute atomic E-state index is 11.1. The van der Waals surface area contributed by atoms with Crippen molar-refractivity contribution in [2.24, 2.45) is 0 Å². The van der Waals surface area contributed by atoms with Gasteiger partial charge in [-0.2, -0.15) is 0 Å². The Morgan fingerprint density at radius 1 is 0.970 bits per heavy atom. The van der Waals surface area contributed by atoms with E-state index in [2.05, 4.69) is 65.8 Å². The van der Waals surface area contributed by atoms with E-state index >= 15 is 0 Å². The van der Waals surface area contributed by atoms with Crippen LogP contribution in [0.1, 0.15) is 54.2 Å². The van der Waals surface area contributed by atoms with Gasteiger partial charge in [0.25, 0.3) is 0 Å². The molecule has 0 amide bonds. The van der Waals surface area contributed by atoms with Crippen LogP contribution in [0.5, 0.6) is 0 Å². The van der Waals surface area contributed by atoms with Crippen molar-refractivity contribution in [3.05, 3.63) is 76.9 Å². The number of hydrogen-bond acceptors (Lipinski definition) is 4. The van der Waals surface area contributed by atoms with Gasteiger partial charge in [0.05, 0.1) is 5.56 Å². The molecule has 176 valence electrons. The summed E-state index contributed by atoms with van der Waals surface area (Å²) in [5.74, 6) is -0.871. The molecular weight excluding hydrogens is 410 g/mol. The summed E-state index contributed by atoms with van der Waals surface area (Å²) >= 11 is 0. The number of benzene rings is 2. The van der Waals surface area contributed by atoms with Crippen molar-refractivity contribution < 1.29 is 9.90 Å². The summed E-state index contributed by atoms with van der Waals surface area (Å²) in [4.78, 5) is 18.7. The third-order valence-electron chi connectivity index (χ3n) is 7.24. The molecule has 1 N–H and O–H groups in total. The molecule has 1 saturated heterocycles.